The van der Waals surface area contributed by atoms with E-state index >= 15 is 0 Å². The number of rotatable bonds is 5. The molecule has 4 rings (SSSR count). The minimum atomic E-state index is 0.198. The molecule has 7 nitrogen and oxygen atoms in total. The summed E-state index contributed by atoms with van der Waals surface area (Å²) in [5, 5.41) is 9.14. The maximum Gasteiger partial charge on any atom is 0.162 e. The Labute approximate surface area is 158 Å². The van der Waals surface area contributed by atoms with Crippen molar-refractivity contribution in [3.63, 3.8) is 0 Å². The van der Waals surface area contributed by atoms with Crippen molar-refractivity contribution >= 4 is 5.82 Å². The van der Waals surface area contributed by atoms with Gasteiger partial charge in [-0.25, -0.2) is 9.97 Å². The molecule has 4 heterocycles. The highest BCUT2D eigenvalue weighted by Gasteiger charge is 2.20. The van der Waals surface area contributed by atoms with Gasteiger partial charge in [-0.15, -0.1) is 0 Å². The Morgan fingerprint density at radius 2 is 1.70 bits per heavy atom. The highest BCUT2D eigenvalue weighted by Crippen LogP contribution is 2.25. The number of anilines is 1. The summed E-state index contributed by atoms with van der Waals surface area (Å²) in [5.41, 5.74) is 2.57. The average Bonchev–Trinajstić information content (AvgIpc) is 2.75. The van der Waals surface area contributed by atoms with Crippen molar-refractivity contribution in [1.29, 1.82) is 0 Å². The van der Waals surface area contributed by atoms with Crippen LogP contribution in [-0.2, 0) is 0 Å². The van der Waals surface area contributed by atoms with Crippen LogP contribution in [0.15, 0.2) is 55.0 Å². The lowest BCUT2D eigenvalue weighted by Crippen LogP contribution is -2.47. The smallest absolute Gasteiger partial charge is 0.162 e. The van der Waals surface area contributed by atoms with Crippen LogP contribution in [-0.4, -0.2) is 69.3 Å². The molecular formula is C20H22N6O. The van der Waals surface area contributed by atoms with Crippen LogP contribution in [0.2, 0.25) is 0 Å². The summed E-state index contributed by atoms with van der Waals surface area (Å²) >= 11 is 0. The van der Waals surface area contributed by atoms with E-state index in [0.29, 0.717) is 5.82 Å². The van der Waals surface area contributed by atoms with E-state index < -0.39 is 0 Å². The van der Waals surface area contributed by atoms with Gasteiger partial charge in [-0.05, 0) is 24.3 Å². The van der Waals surface area contributed by atoms with Crippen molar-refractivity contribution in [3.8, 4) is 22.8 Å². The second-order valence-corrected chi connectivity index (χ2v) is 6.44. The molecule has 0 atom stereocenters. The second-order valence-electron chi connectivity index (χ2n) is 6.44. The van der Waals surface area contributed by atoms with Gasteiger partial charge in [-0.3, -0.25) is 14.9 Å². The normalized spacial score (nSPS) is 15.1. The molecule has 138 valence electrons. The van der Waals surface area contributed by atoms with Gasteiger partial charge in [0.05, 0.1) is 18.0 Å². The van der Waals surface area contributed by atoms with Crippen molar-refractivity contribution in [3.05, 3.63) is 55.0 Å². The van der Waals surface area contributed by atoms with Gasteiger partial charge in [0.1, 0.15) is 5.82 Å². The molecule has 1 saturated heterocycles. The largest absolute Gasteiger partial charge is 0.395 e. The van der Waals surface area contributed by atoms with Crippen molar-refractivity contribution in [2.24, 2.45) is 0 Å². The quantitative estimate of drug-likeness (QED) is 0.740. The van der Waals surface area contributed by atoms with E-state index in [1.807, 2.05) is 36.4 Å². The van der Waals surface area contributed by atoms with Crippen LogP contribution in [0.25, 0.3) is 22.8 Å². The van der Waals surface area contributed by atoms with Gasteiger partial charge in [0.2, 0.25) is 0 Å². The van der Waals surface area contributed by atoms with E-state index in [4.69, 9.17) is 15.1 Å². The molecule has 3 aromatic rings. The Hall–Kier alpha value is -2.90. The van der Waals surface area contributed by atoms with Crippen LogP contribution in [0.4, 0.5) is 5.82 Å². The lowest BCUT2D eigenvalue weighted by atomic mass is 10.2. The van der Waals surface area contributed by atoms with Gasteiger partial charge >= 0.3 is 0 Å². The Kier molecular flexibility index (Phi) is 5.32. The molecule has 0 saturated carbocycles. The third kappa shape index (κ3) is 4.10. The number of piperazine rings is 1. The molecule has 0 unspecified atom stereocenters. The van der Waals surface area contributed by atoms with Crippen LogP contribution >= 0.6 is 0 Å². The van der Waals surface area contributed by atoms with E-state index in [0.717, 1.165) is 55.5 Å². The molecule has 0 spiro atoms. The molecule has 1 aliphatic heterocycles. The zero-order valence-corrected chi connectivity index (χ0v) is 15.1. The van der Waals surface area contributed by atoms with E-state index in [-0.39, 0.29) is 6.61 Å². The fraction of sp³-hybridized carbons (Fsp3) is 0.300. The number of pyridine rings is 2. The van der Waals surface area contributed by atoms with Crippen LogP contribution in [0, 0.1) is 0 Å². The van der Waals surface area contributed by atoms with E-state index in [2.05, 4.69) is 19.8 Å². The van der Waals surface area contributed by atoms with E-state index in [9.17, 15) is 0 Å². The highest BCUT2D eigenvalue weighted by molar-refractivity contribution is 5.65. The molecule has 0 amide bonds. The number of aromatic nitrogens is 4. The minimum absolute atomic E-state index is 0.198. The van der Waals surface area contributed by atoms with Crippen LogP contribution in [0.1, 0.15) is 0 Å². The Morgan fingerprint density at radius 1 is 0.889 bits per heavy atom. The summed E-state index contributed by atoms with van der Waals surface area (Å²) in [4.78, 5) is 22.6. The molecule has 1 fully saturated rings. The van der Waals surface area contributed by atoms with Gasteiger partial charge in [-0.1, -0.05) is 6.07 Å². The Bertz CT molecular complexity index is 808. The third-order valence-electron chi connectivity index (χ3n) is 4.69. The predicted octanol–water partition coefficient (Wildman–Crippen LogP) is 1.71. The maximum absolute atomic E-state index is 9.14. The summed E-state index contributed by atoms with van der Waals surface area (Å²) in [7, 11) is 0. The fourth-order valence-corrected chi connectivity index (χ4v) is 3.21. The topological polar surface area (TPSA) is 78.3 Å². The zero-order valence-electron chi connectivity index (χ0n) is 15.1. The fourth-order valence-electron chi connectivity index (χ4n) is 3.21. The number of aliphatic hydroxyl groups is 1. The van der Waals surface area contributed by atoms with Gasteiger partial charge in [0, 0.05) is 62.9 Å². The molecule has 7 heteroatoms. The summed E-state index contributed by atoms with van der Waals surface area (Å²) in [5.74, 6) is 1.58. The minimum Gasteiger partial charge on any atom is -0.395 e. The first-order chi connectivity index (χ1) is 13.3. The molecule has 3 aromatic heterocycles. The summed E-state index contributed by atoms with van der Waals surface area (Å²) in [6.45, 7) is 4.48. The molecule has 27 heavy (non-hydrogen) atoms. The molecule has 0 aromatic carbocycles. The number of hydrogen-bond acceptors (Lipinski definition) is 7. The van der Waals surface area contributed by atoms with Crippen molar-refractivity contribution in [2.45, 2.75) is 0 Å². The van der Waals surface area contributed by atoms with Gasteiger partial charge < -0.3 is 10.0 Å². The summed E-state index contributed by atoms with van der Waals surface area (Å²) in [6, 6.07) is 11.7. The Morgan fingerprint density at radius 3 is 2.41 bits per heavy atom. The monoisotopic (exact) mass is 362 g/mol. The first kappa shape index (κ1) is 17.5. The van der Waals surface area contributed by atoms with Crippen molar-refractivity contribution in [2.75, 3.05) is 44.2 Å². The van der Waals surface area contributed by atoms with Gasteiger partial charge in [0.25, 0.3) is 0 Å². The zero-order chi connectivity index (χ0) is 18.5. The van der Waals surface area contributed by atoms with E-state index in [1.54, 1.807) is 18.6 Å². The number of hydrogen-bond donors (Lipinski definition) is 1. The van der Waals surface area contributed by atoms with Crippen LogP contribution in [0.3, 0.4) is 0 Å². The summed E-state index contributed by atoms with van der Waals surface area (Å²) in [6.07, 6.45) is 5.27. The SMILES string of the molecule is OCCN1CCN(c2cc(-c3ccccn3)nc(-c3ccncc3)n2)CC1. The number of aliphatic hydroxyl groups excluding tert-OH is 1. The standard InChI is InChI=1S/C20H22N6O/c27-14-13-25-9-11-26(12-10-25)19-15-18(17-3-1-2-6-22-17)23-20(24-19)16-4-7-21-8-5-16/h1-8,15,27H,9-14H2. The lowest BCUT2D eigenvalue weighted by molar-refractivity contribution is 0.188. The molecule has 0 aliphatic carbocycles. The number of β-amino-alcohol motifs (C(OH)–C–C–N with tert-alkyl or cyclic N) is 1. The van der Waals surface area contributed by atoms with Gasteiger partial charge in [0.15, 0.2) is 5.82 Å². The predicted molar refractivity (Wildman–Crippen MR) is 104 cm³/mol. The molecule has 1 N–H and O–H groups in total. The molecule has 1 aliphatic rings. The van der Waals surface area contributed by atoms with Crippen LogP contribution in [0.5, 0.6) is 0 Å². The molecule has 0 radical (unpaired) electrons. The second kappa shape index (κ2) is 8.20. The number of nitrogens with zero attached hydrogens (tertiary/aromatic N) is 6. The highest BCUT2D eigenvalue weighted by atomic mass is 16.3. The lowest BCUT2D eigenvalue weighted by Gasteiger charge is -2.35. The third-order valence-corrected chi connectivity index (χ3v) is 4.69. The van der Waals surface area contributed by atoms with Crippen LogP contribution < -0.4 is 4.90 Å². The first-order valence-electron chi connectivity index (χ1n) is 9.12. The molecular weight excluding hydrogens is 340 g/mol. The first-order valence-corrected chi connectivity index (χ1v) is 9.12. The van der Waals surface area contributed by atoms with Crippen molar-refractivity contribution in [1.82, 2.24) is 24.8 Å². The van der Waals surface area contributed by atoms with Crippen molar-refractivity contribution < 1.29 is 5.11 Å². The Balaban J connectivity index is 1.69. The molecule has 0 bridgehead atoms. The average molecular weight is 362 g/mol. The van der Waals surface area contributed by atoms with E-state index in [1.165, 1.54) is 0 Å². The maximum atomic E-state index is 9.14. The summed E-state index contributed by atoms with van der Waals surface area (Å²) < 4.78 is 0. The van der Waals surface area contributed by atoms with Gasteiger partial charge in [-0.2, -0.15) is 0 Å².